The van der Waals surface area contributed by atoms with Gasteiger partial charge in [-0.3, -0.25) is 0 Å². The van der Waals surface area contributed by atoms with Crippen molar-refractivity contribution in [2.24, 2.45) is 0 Å². The minimum absolute atomic E-state index is 0.505. The summed E-state index contributed by atoms with van der Waals surface area (Å²) in [5.74, 6) is -0.915. The van der Waals surface area contributed by atoms with Crippen LogP contribution in [0.1, 0.15) is 12.5 Å². The van der Waals surface area contributed by atoms with Crippen LogP contribution in [0.3, 0.4) is 0 Å². The van der Waals surface area contributed by atoms with E-state index in [1.165, 1.54) is 6.08 Å². The summed E-state index contributed by atoms with van der Waals surface area (Å²) in [4.78, 5) is 15.3. The van der Waals surface area contributed by atoms with Gasteiger partial charge in [-0.05, 0) is 31.7 Å². The van der Waals surface area contributed by atoms with Crippen LogP contribution in [0.4, 0.5) is 5.69 Å². The summed E-state index contributed by atoms with van der Waals surface area (Å²) in [5.41, 5.74) is 2.07. The second-order valence-corrected chi connectivity index (χ2v) is 5.01. The van der Waals surface area contributed by atoms with E-state index in [-0.39, 0.29) is 0 Å². The Balaban J connectivity index is 2.22. The minimum atomic E-state index is -0.915. The van der Waals surface area contributed by atoms with Crippen molar-refractivity contribution in [3.8, 4) is 0 Å². The van der Waals surface area contributed by atoms with Gasteiger partial charge in [0.05, 0.1) is 0 Å². The number of anilines is 1. The van der Waals surface area contributed by atoms with Gasteiger partial charge >= 0.3 is 5.97 Å². The SMILES string of the molecule is CC1CN(c2ccccc2C=CC(=O)O)CCN1C. The Kier molecular flexibility index (Phi) is 4.22. The van der Waals surface area contributed by atoms with Gasteiger partial charge in [0.1, 0.15) is 0 Å². The number of rotatable bonds is 3. The predicted octanol–water partition coefficient (Wildman–Crippen LogP) is 1.92. The molecule has 4 heteroatoms. The van der Waals surface area contributed by atoms with Gasteiger partial charge in [-0.15, -0.1) is 0 Å². The highest BCUT2D eigenvalue weighted by Gasteiger charge is 2.21. The molecule has 102 valence electrons. The third-order valence-corrected chi connectivity index (χ3v) is 3.64. The Bertz CT molecular complexity index is 485. The zero-order valence-corrected chi connectivity index (χ0v) is 11.4. The van der Waals surface area contributed by atoms with Crippen molar-refractivity contribution in [1.82, 2.24) is 4.90 Å². The van der Waals surface area contributed by atoms with Crippen LogP contribution in [0.5, 0.6) is 0 Å². The van der Waals surface area contributed by atoms with E-state index in [9.17, 15) is 4.79 Å². The summed E-state index contributed by atoms with van der Waals surface area (Å²) in [6, 6.07) is 8.45. The average Bonchev–Trinajstić information content (AvgIpc) is 2.40. The Hall–Kier alpha value is -1.81. The first-order chi connectivity index (χ1) is 9.08. The van der Waals surface area contributed by atoms with Crippen molar-refractivity contribution in [1.29, 1.82) is 0 Å². The lowest BCUT2D eigenvalue weighted by Crippen LogP contribution is -2.50. The molecule has 1 heterocycles. The Morgan fingerprint density at radius 3 is 2.79 bits per heavy atom. The first-order valence-electron chi connectivity index (χ1n) is 6.53. The fourth-order valence-electron chi connectivity index (χ4n) is 2.34. The standard InChI is InChI=1S/C15H20N2O2/c1-12-11-17(10-9-16(12)2)14-6-4-3-5-13(14)7-8-15(18)19/h3-8,12H,9-11H2,1-2H3,(H,18,19). The van der Waals surface area contributed by atoms with Crippen LogP contribution in [0.2, 0.25) is 0 Å². The number of likely N-dealkylation sites (N-methyl/N-ethyl adjacent to an activating group) is 1. The molecule has 2 rings (SSSR count). The quantitative estimate of drug-likeness (QED) is 0.843. The highest BCUT2D eigenvalue weighted by atomic mass is 16.4. The number of para-hydroxylation sites is 1. The van der Waals surface area contributed by atoms with E-state index in [0.717, 1.165) is 30.9 Å². The second-order valence-electron chi connectivity index (χ2n) is 5.01. The van der Waals surface area contributed by atoms with E-state index in [0.29, 0.717) is 6.04 Å². The Morgan fingerprint density at radius 2 is 2.11 bits per heavy atom. The highest BCUT2D eigenvalue weighted by Crippen LogP contribution is 2.24. The molecular weight excluding hydrogens is 240 g/mol. The molecule has 1 saturated heterocycles. The number of benzene rings is 1. The molecular formula is C15H20N2O2. The minimum Gasteiger partial charge on any atom is -0.478 e. The van der Waals surface area contributed by atoms with Crippen molar-refractivity contribution in [2.45, 2.75) is 13.0 Å². The van der Waals surface area contributed by atoms with Crippen LogP contribution < -0.4 is 4.90 Å². The van der Waals surface area contributed by atoms with E-state index in [2.05, 4.69) is 29.8 Å². The number of carbonyl (C=O) groups is 1. The fourth-order valence-corrected chi connectivity index (χ4v) is 2.34. The van der Waals surface area contributed by atoms with Crippen LogP contribution in [-0.4, -0.2) is 48.7 Å². The third-order valence-electron chi connectivity index (χ3n) is 3.64. The molecule has 4 nitrogen and oxygen atoms in total. The van der Waals surface area contributed by atoms with Gasteiger partial charge in [-0.25, -0.2) is 4.79 Å². The molecule has 0 bridgehead atoms. The summed E-state index contributed by atoms with van der Waals surface area (Å²) in [6.45, 7) is 5.17. The van der Waals surface area contributed by atoms with Crippen LogP contribution in [-0.2, 0) is 4.79 Å². The molecule has 1 fully saturated rings. The van der Waals surface area contributed by atoms with E-state index in [4.69, 9.17) is 5.11 Å². The lowest BCUT2D eigenvalue weighted by atomic mass is 10.1. The van der Waals surface area contributed by atoms with Crippen molar-refractivity contribution in [2.75, 3.05) is 31.6 Å². The first-order valence-corrected chi connectivity index (χ1v) is 6.53. The molecule has 1 atom stereocenters. The molecule has 1 aromatic carbocycles. The molecule has 1 aliphatic rings. The lowest BCUT2D eigenvalue weighted by Gasteiger charge is -2.39. The molecule has 1 aliphatic heterocycles. The average molecular weight is 260 g/mol. The monoisotopic (exact) mass is 260 g/mol. The smallest absolute Gasteiger partial charge is 0.328 e. The van der Waals surface area contributed by atoms with E-state index < -0.39 is 5.97 Å². The molecule has 1 unspecified atom stereocenters. The highest BCUT2D eigenvalue weighted by molar-refractivity contribution is 5.87. The summed E-state index contributed by atoms with van der Waals surface area (Å²) in [7, 11) is 2.14. The van der Waals surface area contributed by atoms with Crippen molar-refractivity contribution in [3.05, 3.63) is 35.9 Å². The molecule has 0 radical (unpaired) electrons. The van der Waals surface area contributed by atoms with E-state index in [1.54, 1.807) is 6.08 Å². The Labute approximate surface area is 113 Å². The molecule has 0 spiro atoms. The summed E-state index contributed by atoms with van der Waals surface area (Å²) >= 11 is 0. The number of carboxylic acid groups (broad SMARTS) is 1. The zero-order valence-electron chi connectivity index (χ0n) is 11.4. The molecule has 0 saturated carbocycles. The number of carboxylic acids is 1. The zero-order chi connectivity index (χ0) is 13.8. The number of piperazine rings is 1. The van der Waals surface area contributed by atoms with Crippen LogP contribution in [0, 0.1) is 0 Å². The van der Waals surface area contributed by atoms with Crippen LogP contribution >= 0.6 is 0 Å². The van der Waals surface area contributed by atoms with Crippen molar-refractivity contribution < 1.29 is 9.90 Å². The number of hydrogen-bond acceptors (Lipinski definition) is 3. The summed E-state index contributed by atoms with van der Waals surface area (Å²) in [5, 5.41) is 8.75. The van der Waals surface area contributed by atoms with Gasteiger partial charge in [-0.1, -0.05) is 18.2 Å². The summed E-state index contributed by atoms with van der Waals surface area (Å²) in [6.07, 6.45) is 2.86. The van der Waals surface area contributed by atoms with Crippen LogP contribution in [0.15, 0.2) is 30.3 Å². The molecule has 0 aromatic heterocycles. The van der Waals surface area contributed by atoms with Gasteiger partial charge in [0.15, 0.2) is 0 Å². The topological polar surface area (TPSA) is 43.8 Å². The molecule has 0 amide bonds. The van der Waals surface area contributed by atoms with E-state index in [1.807, 2.05) is 18.2 Å². The number of aliphatic carboxylic acids is 1. The number of nitrogens with zero attached hydrogens (tertiary/aromatic N) is 2. The van der Waals surface area contributed by atoms with Gasteiger partial charge in [0.25, 0.3) is 0 Å². The molecule has 19 heavy (non-hydrogen) atoms. The summed E-state index contributed by atoms with van der Waals surface area (Å²) < 4.78 is 0. The maximum atomic E-state index is 10.6. The van der Waals surface area contributed by atoms with Gasteiger partial charge in [-0.2, -0.15) is 0 Å². The molecule has 1 aromatic rings. The van der Waals surface area contributed by atoms with E-state index >= 15 is 0 Å². The second kappa shape index (κ2) is 5.89. The maximum absolute atomic E-state index is 10.6. The van der Waals surface area contributed by atoms with Crippen molar-refractivity contribution in [3.63, 3.8) is 0 Å². The normalized spacial score (nSPS) is 20.9. The third kappa shape index (κ3) is 3.35. The maximum Gasteiger partial charge on any atom is 0.328 e. The lowest BCUT2D eigenvalue weighted by molar-refractivity contribution is -0.131. The fraction of sp³-hybridized carbons (Fsp3) is 0.400. The Morgan fingerprint density at radius 1 is 1.37 bits per heavy atom. The van der Waals surface area contributed by atoms with Gasteiger partial charge < -0.3 is 14.9 Å². The van der Waals surface area contributed by atoms with Crippen LogP contribution in [0.25, 0.3) is 6.08 Å². The number of hydrogen-bond donors (Lipinski definition) is 1. The van der Waals surface area contributed by atoms with Gasteiger partial charge in [0, 0.05) is 37.4 Å². The van der Waals surface area contributed by atoms with Crippen molar-refractivity contribution >= 4 is 17.7 Å². The molecule has 1 N–H and O–H groups in total. The first kappa shape index (κ1) is 13.6. The van der Waals surface area contributed by atoms with Gasteiger partial charge in [0.2, 0.25) is 0 Å². The predicted molar refractivity (Wildman–Crippen MR) is 77.4 cm³/mol. The molecule has 0 aliphatic carbocycles. The largest absolute Gasteiger partial charge is 0.478 e.